The molecule has 0 saturated heterocycles. The first-order valence-corrected chi connectivity index (χ1v) is 7.13. The van der Waals surface area contributed by atoms with E-state index >= 15 is 0 Å². The third-order valence-electron chi connectivity index (χ3n) is 3.31. The zero-order chi connectivity index (χ0) is 14.8. The second-order valence-electron chi connectivity index (χ2n) is 6.02. The van der Waals surface area contributed by atoms with Gasteiger partial charge >= 0.3 is 0 Å². The maximum atomic E-state index is 12.5. The van der Waals surface area contributed by atoms with Crippen molar-refractivity contribution in [2.45, 2.75) is 32.6 Å². The molecule has 0 aliphatic rings. The highest BCUT2D eigenvalue weighted by atomic mass is 35.5. The molecule has 0 aromatic heterocycles. The van der Waals surface area contributed by atoms with E-state index in [1.54, 1.807) is 0 Å². The lowest BCUT2D eigenvalue weighted by molar-refractivity contribution is 0.0991. The van der Waals surface area contributed by atoms with E-state index in [0.717, 1.165) is 16.7 Å². The maximum Gasteiger partial charge on any atom is 0.167 e. The smallest absolute Gasteiger partial charge is 0.167 e. The van der Waals surface area contributed by atoms with Gasteiger partial charge < -0.3 is 0 Å². The van der Waals surface area contributed by atoms with Gasteiger partial charge in [-0.05, 0) is 28.7 Å². The topological polar surface area (TPSA) is 17.1 Å². The van der Waals surface area contributed by atoms with Gasteiger partial charge in [0.15, 0.2) is 5.78 Å². The molecule has 0 unspecified atom stereocenters. The van der Waals surface area contributed by atoms with Crippen LogP contribution in [0.2, 0.25) is 5.02 Å². The monoisotopic (exact) mass is 286 g/mol. The van der Waals surface area contributed by atoms with Gasteiger partial charge in [-0.25, -0.2) is 0 Å². The molecular formula is C18H19ClO. The van der Waals surface area contributed by atoms with Crippen LogP contribution in [-0.4, -0.2) is 5.78 Å². The van der Waals surface area contributed by atoms with E-state index in [1.807, 2.05) is 48.5 Å². The van der Waals surface area contributed by atoms with Crippen LogP contribution in [0.15, 0.2) is 48.5 Å². The first kappa shape index (κ1) is 14.8. The van der Waals surface area contributed by atoms with Crippen LogP contribution in [0.5, 0.6) is 0 Å². The first-order valence-electron chi connectivity index (χ1n) is 6.75. The molecule has 0 aliphatic carbocycles. The van der Waals surface area contributed by atoms with Gasteiger partial charge in [0.05, 0.1) is 0 Å². The summed E-state index contributed by atoms with van der Waals surface area (Å²) in [7, 11) is 0. The Labute approximate surface area is 125 Å². The number of rotatable bonds is 3. The van der Waals surface area contributed by atoms with Crippen LogP contribution in [-0.2, 0) is 11.8 Å². The Morgan fingerprint density at radius 2 is 1.60 bits per heavy atom. The summed E-state index contributed by atoms with van der Waals surface area (Å²) in [6, 6.07) is 15.3. The molecule has 0 N–H and O–H groups in total. The molecule has 0 radical (unpaired) electrons. The average Bonchev–Trinajstić information content (AvgIpc) is 2.40. The van der Waals surface area contributed by atoms with E-state index in [9.17, 15) is 4.79 Å². The molecule has 0 spiro atoms. The summed E-state index contributed by atoms with van der Waals surface area (Å²) in [6.45, 7) is 6.38. The fourth-order valence-electron chi connectivity index (χ4n) is 2.26. The quantitative estimate of drug-likeness (QED) is 0.721. The number of Topliss-reactive ketones (excluding diaryl/α,β-unsaturated/α-hetero) is 1. The van der Waals surface area contributed by atoms with Crippen molar-refractivity contribution in [2.75, 3.05) is 0 Å². The number of carbonyl (C=O) groups excluding carboxylic acids is 1. The van der Waals surface area contributed by atoms with Gasteiger partial charge in [-0.3, -0.25) is 4.79 Å². The van der Waals surface area contributed by atoms with E-state index in [2.05, 4.69) is 20.8 Å². The average molecular weight is 287 g/mol. The summed E-state index contributed by atoms with van der Waals surface area (Å²) in [6.07, 6.45) is 0.407. The Balaban J connectivity index is 2.28. The molecule has 0 aliphatic heterocycles. The number of ketones is 1. The highest BCUT2D eigenvalue weighted by Gasteiger charge is 2.21. The van der Waals surface area contributed by atoms with E-state index in [4.69, 9.17) is 11.6 Å². The van der Waals surface area contributed by atoms with Crippen molar-refractivity contribution >= 4 is 17.4 Å². The van der Waals surface area contributed by atoms with Crippen molar-refractivity contribution in [1.29, 1.82) is 0 Å². The van der Waals surface area contributed by atoms with E-state index < -0.39 is 0 Å². The molecular weight excluding hydrogens is 268 g/mol. The van der Waals surface area contributed by atoms with Gasteiger partial charge in [0, 0.05) is 17.0 Å². The van der Waals surface area contributed by atoms with Gasteiger partial charge in [-0.15, -0.1) is 0 Å². The lowest BCUT2D eigenvalue weighted by Crippen LogP contribution is -2.17. The van der Waals surface area contributed by atoms with Crippen molar-refractivity contribution < 1.29 is 4.79 Å². The number of hydrogen-bond acceptors (Lipinski definition) is 1. The summed E-state index contributed by atoms with van der Waals surface area (Å²) < 4.78 is 0. The number of hydrogen-bond donors (Lipinski definition) is 0. The number of halogens is 1. The van der Waals surface area contributed by atoms with Crippen molar-refractivity contribution in [3.05, 3.63) is 70.2 Å². The van der Waals surface area contributed by atoms with Gasteiger partial charge in [0.25, 0.3) is 0 Å². The highest BCUT2D eigenvalue weighted by molar-refractivity contribution is 6.30. The third-order valence-corrected chi connectivity index (χ3v) is 3.57. The minimum atomic E-state index is -0.0355. The Bertz CT molecular complexity index is 606. The molecule has 0 bridgehead atoms. The summed E-state index contributed by atoms with van der Waals surface area (Å²) in [5.41, 5.74) is 2.86. The van der Waals surface area contributed by atoms with Crippen LogP contribution in [0.1, 0.15) is 42.3 Å². The van der Waals surface area contributed by atoms with Crippen LogP contribution in [0.4, 0.5) is 0 Å². The van der Waals surface area contributed by atoms with Crippen molar-refractivity contribution in [3.8, 4) is 0 Å². The molecule has 0 amide bonds. The summed E-state index contributed by atoms with van der Waals surface area (Å²) in [4.78, 5) is 12.5. The minimum Gasteiger partial charge on any atom is -0.294 e. The fraction of sp³-hybridized carbons (Fsp3) is 0.278. The van der Waals surface area contributed by atoms with E-state index in [-0.39, 0.29) is 11.2 Å². The lowest BCUT2D eigenvalue weighted by atomic mass is 9.82. The second kappa shape index (κ2) is 5.80. The Morgan fingerprint density at radius 1 is 1.00 bits per heavy atom. The Hall–Kier alpha value is -1.60. The largest absolute Gasteiger partial charge is 0.294 e. The summed E-state index contributed by atoms with van der Waals surface area (Å²) in [5, 5.41) is 0.691. The number of benzene rings is 2. The number of carbonyl (C=O) groups is 1. The molecule has 2 aromatic carbocycles. The first-order chi connectivity index (χ1) is 9.38. The van der Waals surface area contributed by atoms with E-state index in [0.29, 0.717) is 11.4 Å². The summed E-state index contributed by atoms with van der Waals surface area (Å²) in [5.74, 6) is 0.151. The SMILES string of the molecule is CC(C)(C)c1ccccc1C(=O)Cc1ccc(Cl)cc1. The highest BCUT2D eigenvalue weighted by Crippen LogP contribution is 2.26. The molecule has 0 atom stereocenters. The van der Waals surface area contributed by atoms with Gasteiger partial charge in [0.1, 0.15) is 0 Å². The lowest BCUT2D eigenvalue weighted by Gasteiger charge is -2.22. The van der Waals surface area contributed by atoms with Gasteiger partial charge in [-0.1, -0.05) is 68.8 Å². The molecule has 104 valence electrons. The van der Waals surface area contributed by atoms with Crippen LogP contribution in [0.25, 0.3) is 0 Å². The molecule has 1 nitrogen and oxygen atoms in total. The van der Waals surface area contributed by atoms with E-state index in [1.165, 1.54) is 0 Å². The van der Waals surface area contributed by atoms with Crippen molar-refractivity contribution in [1.82, 2.24) is 0 Å². The molecule has 2 rings (SSSR count). The molecule has 2 heteroatoms. The Morgan fingerprint density at radius 3 is 2.20 bits per heavy atom. The second-order valence-corrected chi connectivity index (χ2v) is 6.46. The van der Waals surface area contributed by atoms with Gasteiger partial charge in [0.2, 0.25) is 0 Å². The minimum absolute atomic E-state index is 0.0355. The standard InChI is InChI=1S/C18H19ClO/c1-18(2,3)16-7-5-4-6-15(16)17(20)12-13-8-10-14(19)11-9-13/h4-11H,12H2,1-3H3. The van der Waals surface area contributed by atoms with Crippen LogP contribution in [0.3, 0.4) is 0 Å². The van der Waals surface area contributed by atoms with Crippen molar-refractivity contribution in [3.63, 3.8) is 0 Å². The molecule has 0 fully saturated rings. The maximum absolute atomic E-state index is 12.5. The third kappa shape index (κ3) is 3.49. The van der Waals surface area contributed by atoms with Crippen LogP contribution in [0, 0.1) is 0 Å². The summed E-state index contributed by atoms with van der Waals surface area (Å²) >= 11 is 5.87. The Kier molecular flexibility index (Phi) is 4.29. The molecule has 0 heterocycles. The predicted octanol–water partition coefficient (Wildman–Crippen LogP) is 5.06. The molecule has 2 aromatic rings. The van der Waals surface area contributed by atoms with Crippen LogP contribution >= 0.6 is 11.6 Å². The normalized spacial score (nSPS) is 11.4. The molecule has 0 saturated carbocycles. The van der Waals surface area contributed by atoms with Gasteiger partial charge in [-0.2, -0.15) is 0 Å². The fourth-order valence-corrected chi connectivity index (χ4v) is 2.39. The predicted molar refractivity (Wildman–Crippen MR) is 84.6 cm³/mol. The zero-order valence-electron chi connectivity index (χ0n) is 12.1. The molecule has 20 heavy (non-hydrogen) atoms. The zero-order valence-corrected chi connectivity index (χ0v) is 12.9. The van der Waals surface area contributed by atoms with Crippen LogP contribution < -0.4 is 0 Å². The van der Waals surface area contributed by atoms with Crippen molar-refractivity contribution in [2.24, 2.45) is 0 Å².